The van der Waals surface area contributed by atoms with Crippen LogP contribution in [0.2, 0.25) is 0 Å². The highest BCUT2D eigenvalue weighted by molar-refractivity contribution is 5.83. The minimum atomic E-state index is -2.63. The summed E-state index contributed by atoms with van der Waals surface area (Å²) in [5, 5.41) is 11.5. The second-order valence-corrected chi connectivity index (χ2v) is 5.43. The Morgan fingerprint density at radius 2 is 2.05 bits per heavy atom. The van der Waals surface area contributed by atoms with Gasteiger partial charge in [0.15, 0.2) is 0 Å². The fraction of sp³-hybridized carbons (Fsp3) is 0.846. The molecular weight excluding hydrogens is 268 g/mol. The van der Waals surface area contributed by atoms with E-state index in [0.29, 0.717) is 13.1 Å². The third-order valence-electron chi connectivity index (χ3n) is 3.87. The third kappa shape index (κ3) is 4.31. The topological polar surface area (TPSA) is 78.9 Å². The van der Waals surface area contributed by atoms with E-state index in [1.165, 1.54) is 0 Å². The Labute approximate surface area is 117 Å². The van der Waals surface area contributed by atoms with Gasteiger partial charge in [0, 0.05) is 37.8 Å². The number of carbonyl (C=O) groups is 1. The minimum Gasteiger partial charge on any atom is -0.409 e. The van der Waals surface area contributed by atoms with E-state index in [2.05, 4.69) is 5.16 Å². The highest BCUT2D eigenvalue weighted by Gasteiger charge is 2.38. The first-order chi connectivity index (χ1) is 9.30. The molecular formula is C13H23F2N3O2. The number of alkyl halides is 2. The molecule has 7 heteroatoms. The van der Waals surface area contributed by atoms with Crippen molar-refractivity contribution < 1.29 is 18.8 Å². The molecule has 0 aromatic carbocycles. The van der Waals surface area contributed by atoms with Gasteiger partial charge in [-0.1, -0.05) is 12.1 Å². The van der Waals surface area contributed by atoms with Gasteiger partial charge in [-0.3, -0.25) is 4.79 Å². The van der Waals surface area contributed by atoms with Crippen LogP contribution in [0, 0.1) is 11.8 Å². The lowest BCUT2D eigenvalue weighted by molar-refractivity contribution is -0.139. The van der Waals surface area contributed by atoms with Crippen LogP contribution in [0.15, 0.2) is 5.16 Å². The number of hydrogen-bond acceptors (Lipinski definition) is 3. The van der Waals surface area contributed by atoms with Crippen molar-refractivity contribution in [2.75, 3.05) is 13.1 Å². The fourth-order valence-electron chi connectivity index (χ4n) is 2.44. The predicted octanol–water partition coefficient (Wildman–Crippen LogP) is 2.04. The van der Waals surface area contributed by atoms with Crippen LogP contribution >= 0.6 is 0 Å². The summed E-state index contributed by atoms with van der Waals surface area (Å²) in [5.74, 6) is -3.29. The molecule has 0 aromatic rings. The summed E-state index contributed by atoms with van der Waals surface area (Å²) in [5.41, 5.74) is 5.50. The van der Waals surface area contributed by atoms with Gasteiger partial charge >= 0.3 is 0 Å². The first-order valence-corrected chi connectivity index (χ1v) is 6.94. The van der Waals surface area contributed by atoms with E-state index >= 15 is 0 Å². The number of rotatable bonds is 5. The lowest BCUT2D eigenvalue weighted by Crippen LogP contribution is -2.43. The van der Waals surface area contributed by atoms with E-state index in [9.17, 15) is 13.6 Å². The van der Waals surface area contributed by atoms with Crippen molar-refractivity contribution >= 4 is 11.7 Å². The summed E-state index contributed by atoms with van der Waals surface area (Å²) in [6, 6.07) is 0. The van der Waals surface area contributed by atoms with Gasteiger partial charge < -0.3 is 15.8 Å². The molecule has 3 N–H and O–H groups in total. The van der Waals surface area contributed by atoms with Crippen molar-refractivity contribution in [2.45, 2.75) is 45.5 Å². The summed E-state index contributed by atoms with van der Waals surface area (Å²) in [4.78, 5) is 13.9. The van der Waals surface area contributed by atoms with Crippen LogP contribution in [0.25, 0.3) is 0 Å². The van der Waals surface area contributed by atoms with Gasteiger partial charge in [-0.25, -0.2) is 8.78 Å². The van der Waals surface area contributed by atoms with E-state index < -0.39 is 5.92 Å². The SMILES string of the molecule is CCN(CC(C)C(N)=NO)C(=O)C1CCC(F)(F)CC1. The van der Waals surface area contributed by atoms with Gasteiger partial charge in [-0.05, 0) is 19.8 Å². The Bertz CT molecular complexity index is 365. The number of amides is 1. The van der Waals surface area contributed by atoms with Crippen LogP contribution in [-0.4, -0.2) is 40.9 Å². The summed E-state index contributed by atoms with van der Waals surface area (Å²) in [6.45, 7) is 4.39. The smallest absolute Gasteiger partial charge is 0.248 e. The average molecular weight is 291 g/mol. The second kappa shape index (κ2) is 6.85. The van der Waals surface area contributed by atoms with Crippen molar-refractivity contribution in [3.63, 3.8) is 0 Å². The summed E-state index contributed by atoms with van der Waals surface area (Å²) in [7, 11) is 0. The molecule has 1 rings (SSSR count). The van der Waals surface area contributed by atoms with Gasteiger partial charge in [-0.15, -0.1) is 0 Å². The van der Waals surface area contributed by atoms with Crippen LogP contribution in [0.3, 0.4) is 0 Å². The summed E-state index contributed by atoms with van der Waals surface area (Å²) < 4.78 is 26.2. The van der Waals surface area contributed by atoms with Gasteiger partial charge in [0.05, 0.1) is 0 Å². The van der Waals surface area contributed by atoms with Crippen molar-refractivity contribution in [2.24, 2.45) is 22.7 Å². The van der Waals surface area contributed by atoms with Crippen LogP contribution < -0.4 is 5.73 Å². The number of nitrogens with two attached hydrogens (primary N) is 1. The largest absolute Gasteiger partial charge is 0.409 e. The summed E-state index contributed by atoms with van der Waals surface area (Å²) >= 11 is 0. The molecule has 1 unspecified atom stereocenters. The zero-order chi connectivity index (χ0) is 15.3. The van der Waals surface area contributed by atoms with Crippen LogP contribution in [-0.2, 0) is 4.79 Å². The van der Waals surface area contributed by atoms with Crippen molar-refractivity contribution in [3.8, 4) is 0 Å². The molecule has 1 atom stereocenters. The van der Waals surface area contributed by atoms with E-state index in [1.807, 2.05) is 6.92 Å². The minimum absolute atomic E-state index is 0.0615. The van der Waals surface area contributed by atoms with Gasteiger partial charge in [-0.2, -0.15) is 0 Å². The quantitative estimate of drug-likeness (QED) is 0.352. The first kappa shape index (κ1) is 16.7. The molecule has 116 valence electrons. The lowest BCUT2D eigenvalue weighted by Gasteiger charge is -2.32. The van der Waals surface area contributed by atoms with Gasteiger partial charge in [0.2, 0.25) is 11.8 Å². The van der Waals surface area contributed by atoms with Gasteiger partial charge in [0.1, 0.15) is 5.84 Å². The molecule has 1 fully saturated rings. The molecule has 5 nitrogen and oxygen atoms in total. The molecule has 0 radical (unpaired) electrons. The molecule has 20 heavy (non-hydrogen) atoms. The Morgan fingerprint density at radius 1 is 1.50 bits per heavy atom. The maximum atomic E-state index is 13.1. The highest BCUT2D eigenvalue weighted by Crippen LogP contribution is 2.36. The molecule has 0 aliphatic heterocycles. The van der Waals surface area contributed by atoms with E-state index in [4.69, 9.17) is 10.9 Å². The maximum absolute atomic E-state index is 13.1. The molecule has 1 aliphatic carbocycles. The van der Waals surface area contributed by atoms with Crippen molar-refractivity contribution in [3.05, 3.63) is 0 Å². The van der Waals surface area contributed by atoms with E-state index in [-0.39, 0.29) is 49.3 Å². The maximum Gasteiger partial charge on any atom is 0.248 e. The number of amidine groups is 1. The lowest BCUT2D eigenvalue weighted by atomic mass is 9.85. The Morgan fingerprint density at radius 3 is 2.50 bits per heavy atom. The molecule has 0 aromatic heterocycles. The van der Waals surface area contributed by atoms with E-state index in [1.54, 1.807) is 11.8 Å². The molecule has 1 saturated carbocycles. The zero-order valence-electron chi connectivity index (χ0n) is 12.0. The number of oxime groups is 1. The Balaban J connectivity index is 2.59. The first-order valence-electron chi connectivity index (χ1n) is 6.94. The number of carbonyl (C=O) groups excluding carboxylic acids is 1. The normalized spacial score (nSPS) is 21.5. The number of halogens is 2. The van der Waals surface area contributed by atoms with Crippen LogP contribution in [0.1, 0.15) is 39.5 Å². The number of nitrogens with zero attached hydrogens (tertiary/aromatic N) is 2. The Kier molecular flexibility index (Phi) is 5.71. The third-order valence-corrected chi connectivity index (χ3v) is 3.87. The standard InChI is InChI=1S/C13H23F2N3O2/c1-3-18(8-9(2)11(16)17-20)12(19)10-4-6-13(14,15)7-5-10/h9-10,20H,3-8H2,1-2H3,(H2,16,17). The van der Waals surface area contributed by atoms with E-state index in [0.717, 1.165) is 0 Å². The van der Waals surface area contributed by atoms with Crippen LogP contribution in [0.5, 0.6) is 0 Å². The monoisotopic (exact) mass is 291 g/mol. The molecule has 0 saturated heterocycles. The predicted molar refractivity (Wildman–Crippen MR) is 71.7 cm³/mol. The summed E-state index contributed by atoms with van der Waals surface area (Å²) in [6.07, 6.45) is -0.00588. The zero-order valence-corrected chi connectivity index (χ0v) is 12.0. The highest BCUT2D eigenvalue weighted by atomic mass is 19.3. The molecule has 0 spiro atoms. The average Bonchev–Trinajstić information content (AvgIpc) is 2.42. The molecule has 0 bridgehead atoms. The fourth-order valence-corrected chi connectivity index (χ4v) is 2.44. The molecule has 1 amide bonds. The van der Waals surface area contributed by atoms with Crippen molar-refractivity contribution in [1.82, 2.24) is 4.90 Å². The van der Waals surface area contributed by atoms with Crippen molar-refractivity contribution in [1.29, 1.82) is 0 Å². The second-order valence-electron chi connectivity index (χ2n) is 5.43. The number of hydrogen-bond donors (Lipinski definition) is 2. The van der Waals surface area contributed by atoms with Crippen LogP contribution in [0.4, 0.5) is 8.78 Å². The molecule has 0 heterocycles. The Hall–Kier alpha value is -1.40. The van der Waals surface area contributed by atoms with Gasteiger partial charge in [0.25, 0.3) is 0 Å². The molecule has 1 aliphatic rings.